The van der Waals surface area contributed by atoms with Crippen molar-refractivity contribution in [2.75, 3.05) is 42.4 Å². The second kappa shape index (κ2) is 18.2. The van der Waals surface area contributed by atoms with Gasteiger partial charge in [0.05, 0.1) is 29.1 Å². The maximum Gasteiger partial charge on any atom is 0.411 e. The molecule has 3 N–H and O–H groups in total. The molecule has 0 aromatic heterocycles. The largest absolute Gasteiger partial charge is 0.448 e. The first-order chi connectivity index (χ1) is 23.5. The summed E-state index contributed by atoms with van der Waals surface area (Å²) in [5, 5.41) is 7.77. The van der Waals surface area contributed by atoms with Crippen molar-refractivity contribution in [3.63, 3.8) is 0 Å². The molecule has 49 heavy (non-hydrogen) atoms. The van der Waals surface area contributed by atoms with Crippen LogP contribution in [0.2, 0.25) is 0 Å². The third kappa shape index (κ3) is 11.5. The van der Waals surface area contributed by atoms with Crippen LogP contribution in [0.25, 0.3) is 0 Å². The van der Waals surface area contributed by atoms with Gasteiger partial charge in [0.1, 0.15) is 19.8 Å². The minimum absolute atomic E-state index is 0.169. The zero-order chi connectivity index (χ0) is 35.8. The summed E-state index contributed by atoms with van der Waals surface area (Å²) < 4.78 is 16.7. The van der Waals surface area contributed by atoms with E-state index in [1.165, 1.54) is 36.4 Å². The Kier molecular flexibility index (Phi) is 13.8. The van der Waals surface area contributed by atoms with Crippen molar-refractivity contribution in [2.24, 2.45) is 20.4 Å². The molecule has 0 unspecified atom stereocenters. The first-order valence-electron chi connectivity index (χ1n) is 14.8. The van der Waals surface area contributed by atoms with Crippen molar-refractivity contribution in [1.82, 2.24) is 0 Å². The lowest BCUT2D eigenvalue weighted by molar-refractivity contribution is -0.123. The van der Waals surface area contributed by atoms with Gasteiger partial charge in [-0.15, -0.1) is 0 Å². The molecule has 3 rings (SSSR count). The highest BCUT2D eigenvalue weighted by molar-refractivity contribution is 5.92. The fourth-order valence-electron chi connectivity index (χ4n) is 4.30. The monoisotopic (exact) mass is 670 g/mol. The summed E-state index contributed by atoms with van der Waals surface area (Å²) in [6, 6.07) is 14.3. The predicted molar refractivity (Wildman–Crippen MR) is 179 cm³/mol. The quantitative estimate of drug-likeness (QED) is 0.121. The van der Waals surface area contributed by atoms with Crippen molar-refractivity contribution in [3.8, 4) is 0 Å². The molecule has 0 aliphatic heterocycles. The Bertz CT molecular complexity index is 1760. The van der Waals surface area contributed by atoms with E-state index >= 15 is 0 Å². The summed E-state index contributed by atoms with van der Waals surface area (Å²) in [4.78, 5) is 81.2. The van der Waals surface area contributed by atoms with Crippen LogP contribution >= 0.6 is 0 Å². The topological polar surface area (TPSA) is 203 Å². The van der Waals surface area contributed by atoms with E-state index < -0.39 is 30.1 Å². The van der Waals surface area contributed by atoms with Gasteiger partial charge >= 0.3 is 12.2 Å². The van der Waals surface area contributed by atoms with Gasteiger partial charge in [-0.3, -0.25) is 15.4 Å². The molecule has 0 bridgehead atoms. The Labute approximate surface area is 281 Å². The van der Waals surface area contributed by atoms with Crippen LogP contribution < -0.4 is 16.0 Å². The molecule has 0 aliphatic rings. The number of amides is 3. The highest BCUT2D eigenvalue weighted by Gasteiger charge is 2.33. The molecular formula is C34H34N6O9. The van der Waals surface area contributed by atoms with Gasteiger partial charge in [0.2, 0.25) is 24.1 Å². The Morgan fingerprint density at radius 3 is 1.39 bits per heavy atom. The second-order valence-corrected chi connectivity index (χ2v) is 10.9. The molecule has 0 aliphatic carbocycles. The molecule has 0 atom stereocenters. The molecule has 254 valence electrons. The Morgan fingerprint density at radius 1 is 0.633 bits per heavy atom. The van der Waals surface area contributed by atoms with Crippen LogP contribution in [0.15, 0.2) is 69.6 Å². The molecule has 0 fully saturated rings. The van der Waals surface area contributed by atoms with Crippen LogP contribution in [0.5, 0.6) is 0 Å². The van der Waals surface area contributed by atoms with Crippen molar-refractivity contribution in [2.45, 2.75) is 34.1 Å². The number of benzene rings is 3. The molecule has 3 aromatic rings. The number of aliphatic imine (C=N–C) groups is 3. The minimum Gasteiger partial charge on any atom is -0.448 e. The summed E-state index contributed by atoms with van der Waals surface area (Å²) in [5.74, 6) is -0.520. The summed E-state index contributed by atoms with van der Waals surface area (Å²) in [6.45, 7) is 5.83. The van der Waals surface area contributed by atoms with Gasteiger partial charge in [0.15, 0.2) is 0 Å². The van der Waals surface area contributed by atoms with Crippen LogP contribution in [0.3, 0.4) is 0 Å². The van der Waals surface area contributed by atoms with Crippen molar-refractivity contribution in [3.05, 3.63) is 71.3 Å². The van der Waals surface area contributed by atoms with Gasteiger partial charge in [-0.1, -0.05) is 25.1 Å². The van der Waals surface area contributed by atoms with E-state index in [-0.39, 0.29) is 26.2 Å². The first kappa shape index (κ1) is 37.2. The zero-order valence-electron chi connectivity index (χ0n) is 27.2. The summed E-state index contributed by atoms with van der Waals surface area (Å²) in [7, 11) is 0. The van der Waals surface area contributed by atoms with Gasteiger partial charge in [-0.2, -0.15) is 15.0 Å². The number of nitrogens with one attached hydrogen (secondary N) is 3. The van der Waals surface area contributed by atoms with Crippen LogP contribution in [0.1, 0.15) is 30.0 Å². The molecule has 15 nitrogen and oxygen atoms in total. The number of anilines is 3. The average molecular weight is 671 g/mol. The Hall–Kier alpha value is -6.23. The first-order valence-corrected chi connectivity index (χ1v) is 14.8. The second-order valence-electron chi connectivity index (χ2n) is 10.9. The van der Waals surface area contributed by atoms with Crippen molar-refractivity contribution >= 4 is 70.5 Å². The molecule has 3 aromatic carbocycles. The molecule has 0 saturated carbocycles. The Morgan fingerprint density at radius 2 is 1.02 bits per heavy atom. The van der Waals surface area contributed by atoms with E-state index in [1.54, 1.807) is 64.1 Å². The fraction of sp³-hybridized carbons (Fsp3) is 0.294. The molecule has 0 spiro atoms. The van der Waals surface area contributed by atoms with E-state index in [0.29, 0.717) is 50.8 Å². The van der Waals surface area contributed by atoms with E-state index in [0.717, 1.165) is 0 Å². The zero-order valence-corrected chi connectivity index (χ0v) is 27.2. The number of ether oxygens (including phenoxy) is 3. The number of aryl methyl sites for hydroxylation is 3. The number of hydrogen-bond acceptors (Lipinski definition) is 12. The molecule has 15 heteroatoms. The normalized spacial score (nSPS) is 11.3. The summed E-state index contributed by atoms with van der Waals surface area (Å²) in [5.41, 5.74) is 2.98. The van der Waals surface area contributed by atoms with Crippen LogP contribution in [0.4, 0.5) is 43.7 Å². The molecule has 0 heterocycles. The summed E-state index contributed by atoms with van der Waals surface area (Å²) in [6.07, 6.45) is 2.98. The Balaban J connectivity index is 1.70. The number of hydrogen-bond donors (Lipinski definition) is 3. The number of carbonyl (C=O) groups is 3. The predicted octanol–water partition coefficient (Wildman–Crippen LogP) is 6.36. The van der Waals surface area contributed by atoms with E-state index in [9.17, 15) is 28.8 Å². The highest BCUT2D eigenvalue weighted by atomic mass is 16.6. The van der Waals surface area contributed by atoms with Crippen molar-refractivity contribution in [1.29, 1.82) is 0 Å². The van der Waals surface area contributed by atoms with Gasteiger partial charge < -0.3 is 19.5 Å². The van der Waals surface area contributed by atoms with Gasteiger partial charge in [-0.05, 0) is 80.3 Å². The van der Waals surface area contributed by atoms with Crippen LogP contribution in [-0.2, 0) is 33.4 Å². The lowest BCUT2D eigenvalue weighted by atomic mass is 9.88. The standard InChI is InChI=1S/C34H34N6O9/c1-5-34(17-48-32(45)39-26-10-7-23(3)29(13-26)36-20-42,18-49-33(46)40-27-11-8-24(4)30(14-27)37-21-43)16-47-15-31(44)38-25-9-6-22(2)28(12-25)35-19-41/h6-14H,5,15-18H2,1-4H3,(H,38,44)(H,39,45)(H,40,46). The minimum atomic E-state index is -1.11. The highest BCUT2D eigenvalue weighted by Crippen LogP contribution is 2.28. The third-order valence-corrected chi connectivity index (χ3v) is 7.31. The average Bonchev–Trinajstić information content (AvgIpc) is 3.07. The van der Waals surface area contributed by atoms with Crippen LogP contribution in [0, 0.1) is 26.2 Å². The van der Waals surface area contributed by atoms with E-state index in [4.69, 9.17) is 14.2 Å². The number of carbonyl (C=O) groups excluding carboxylic acids is 6. The lowest BCUT2D eigenvalue weighted by Gasteiger charge is -2.31. The summed E-state index contributed by atoms with van der Waals surface area (Å²) >= 11 is 0. The molecular weight excluding hydrogens is 636 g/mol. The maximum atomic E-state index is 12.8. The van der Waals surface area contributed by atoms with E-state index in [2.05, 4.69) is 30.9 Å². The smallest absolute Gasteiger partial charge is 0.411 e. The lowest BCUT2D eigenvalue weighted by Crippen LogP contribution is -2.40. The number of isocyanates is 3. The SMILES string of the molecule is CCC(COCC(=O)Nc1ccc(C)c(N=C=O)c1)(COC(=O)Nc1ccc(C)c(N=C=O)c1)COC(=O)Nc1ccc(C)c(N=C=O)c1. The maximum absolute atomic E-state index is 12.8. The van der Waals surface area contributed by atoms with Gasteiger partial charge in [0, 0.05) is 17.1 Å². The van der Waals surface area contributed by atoms with Gasteiger partial charge in [-0.25, -0.2) is 24.0 Å². The molecule has 0 radical (unpaired) electrons. The third-order valence-electron chi connectivity index (χ3n) is 7.31. The molecule has 3 amide bonds. The number of nitrogens with zero attached hydrogens (tertiary/aromatic N) is 3. The van der Waals surface area contributed by atoms with Crippen molar-refractivity contribution < 1.29 is 43.0 Å². The van der Waals surface area contributed by atoms with Gasteiger partial charge in [0.25, 0.3) is 0 Å². The van der Waals surface area contributed by atoms with Crippen LogP contribution in [-0.4, -0.2) is 62.8 Å². The number of rotatable bonds is 15. The molecule has 0 saturated heterocycles. The van der Waals surface area contributed by atoms with E-state index in [1.807, 2.05) is 0 Å². The fourth-order valence-corrected chi connectivity index (χ4v) is 4.30.